The summed E-state index contributed by atoms with van der Waals surface area (Å²) in [6.45, 7) is 3.17. The average Bonchev–Trinajstić information content (AvgIpc) is 3.06. The van der Waals surface area contributed by atoms with E-state index in [-0.39, 0.29) is 24.7 Å². The first-order valence-electron chi connectivity index (χ1n) is 14.5. The number of hydrogen-bond acceptors (Lipinski definition) is 7. The van der Waals surface area contributed by atoms with Crippen LogP contribution in [0.25, 0.3) is 0 Å². The maximum atomic E-state index is 12.5. The fourth-order valence-electron chi connectivity index (χ4n) is 5.42. The maximum absolute atomic E-state index is 12.5. The molecule has 1 aliphatic heterocycles. The highest BCUT2D eigenvalue weighted by molar-refractivity contribution is 5.79. The van der Waals surface area contributed by atoms with Crippen molar-refractivity contribution >= 4 is 6.29 Å². The quantitative estimate of drug-likeness (QED) is 0.192. The number of aliphatic hydroxyl groups is 1. The Morgan fingerprint density at radius 1 is 0.791 bits per heavy atom. The first-order valence-corrected chi connectivity index (χ1v) is 14.5. The average molecular weight is 583 g/mol. The number of hydrogen-bond donors (Lipinski definition) is 1. The Morgan fingerprint density at radius 2 is 1.35 bits per heavy atom. The zero-order valence-corrected chi connectivity index (χ0v) is 24.5. The molecule has 0 bridgehead atoms. The molecule has 1 saturated heterocycles. The topological polar surface area (TPSA) is 83.5 Å². The zero-order chi connectivity index (χ0) is 30.1. The second kappa shape index (κ2) is 14.6. The van der Waals surface area contributed by atoms with E-state index in [1.165, 1.54) is 7.11 Å². The summed E-state index contributed by atoms with van der Waals surface area (Å²) in [5.74, 6) is -1.79. The van der Waals surface area contributed by atoms with E-state index in [0.717, 1.165) is 16.7 Å². The van der Waals surface area contributed by atoms with Crippen LogP contribution in [0.15, 0.2) is 109 Å². The lowest BCUT2D eigenvalue weighted by molar-refractivity contribution is -0.365. The van der Waals surface area contributed by atoms with E-state index in [0.29, 0.717) is 30.8 Å². The highest BCUT2D eigenvalue weighted by Gasteiger charge is 2.55. The Balaban J connectivity index is 1.49. The molecular weight excluding hydrogens is 544 g/mol. The largest absolute Gasteiger partial charge is 0.496 e. The van der Waals surface area contributed by atoms with Gasteiger partial charge in [-0.05, 0) is 34.9 Å². The Bertz CT molecular complexity index is 1430. The highest BCUT2D eigenvalue weighted by Crippen LogP contribution is 2.43. The zero-order valence-electron chi connectivity index (χ0n) is 24.5. The van der Waals surface area contributed by atoms with Crippen LogP contribution < -0.4 is 4.74 Å². The molecule has 1 heterocycles. The molecule has 43 heavy (non-hydrogen) atoms. The van der Waals surface area contributed by atoms with E-state index >= 15 is 0 Å². The molecule has 1 aliphatic rings. The van der Waals surface area contributed by atoms with Crippen LogP contribution in [0.1, 0.15) is 39.5 Å². The minimum Gasteiger partial charge on any atom is -0.496 e. The molecule has 5 atom stereocenters. The number of ether oxygens (including phenoxy) is 5. The number of methoxy groups -OCH3 is 1. The predicted octanol–water partition coefficient (Wildman–Crippen LogP) is 6.08. The SMILES string of the molecule is COc1ccc(C2(O)OC(COCc3ccccc3)[C@@H](C)C(OCc3ccccc3)[C@H]2OCc2ccccc2)cc1C=O. The van der Waals surface area contributed by atoms with Crippen molar-refractivity contribution < 1.29 is 33.6 Å². The molecule has 0 amide bonds. The summed E-state index contributed by atoms with van der Waals surface area (Å²) in [5, 5.41) is 12.5. The van der Waals surface area contributed by atoms with Gasteiger partial charge in [0, 0.05) is 11.5 Å². The van der Waals surface area contributed by atoms with Crippen molar-refractivity contribution in [2.75, 3.05) is 13.7 Å². The molecule has 3 unspecified atom stereocenters. The van der Waals surface area contributed by atoms with Crippen LogP contribution in [0.5, 0.6) is 5.75 Å². The molecule has 1 fully saturated rings. The van der Waals surface area contributed by atoms with Crippen molar-refractivity contribution in [1.29, 1.82) is 0 Å². The van der Waals surface area contributed by atoms with Crippen molar-refractivity contribution in [3.8, 4) is 5.75 Å². The van der Waals surface area contributed by atoms with Crippen molar-refractivity contribution in [3.63, 3.8) is 0 Å². The smallest absolute Gasteiger partial charge is 0.222 e. The van der Waals surface area contributed by atoms with Gasteiger partial charge in [-0.15, -0.1) is 0 Å². The van der Waals surface area contributed by atoms with E-state index in [9.17, 15) is 9.90 Å². The van der Waals surface area contributed by atoms with Gasteiger partial charge in [0.1, 0.15) is 11.9 Å². The molecule has 5 rings (SSSR count). The van der Waals surface area contributed by atoms with Crippen LogP contribution in [-0.4, -0.2) is 43.4 Å². The molecule has 0 aliphatic carbocycles. The lowest BCUT2D eigenvalue weighted by atomic mass is 9.82. The summed E-state index contributed by atoms with van der Waals surface area (Å²) in [7, 11) is 1.49. The second-order valence-corrected chi connectivity index (χ2v) is 10.8. The summed E-state index contributed by atoms with van der Waals surface area (Å²) in [6, 6.07) is 34.4. The predicted molar refractivity (Wildman–Crippen MR) is 162 cm³/mol. The number of carbonyl (C=O) groups is 1. The maximum Gasteiger partial charge on any atom is 0.222 e. The van der Waals surface area contributed by atoms with Gasteiger partial charge in [-0.1, -0.05) is 97.9 Å². The van der Waals surface area contributed by atoms with Gasteiger partial charge in [-0.25, -0.2) is 0 Å². The molecule has 0 saturated carbocycles. The first-order chi connectivity index (χ1) is 21.0. The first kappa shape index (κ1) is 30.6. The Morgan fingerprint density at radius 3 is 1.91 bits per heavy atom. The summed E-state index contributed by atoms with van der Waals surface area (Å²) >= 11 is 0. The van der Waals surface area contributed by atoms with Crippen molar-refractivity contribution in [3.05, 3.63) is 137 Å². The lowest BCUT2D eigenvalue weighted by Crippen LogP contribution is -2.62. The van der Waals surface area contributed by atoms with E-state index in [1.54, 1.807) is 18.2 Å². The normalized spacial score (nSPS) is 23.5. The molecule has 0 radical (unpaired) electrons. The fraction of sp³-hybridized carbons (Fsp3) is 0.306. The molecule has 4 aromatic rings. The summed E-state index contributed by atoms with van der Waals surface area (Å²) in [6.07, 6.45) is -1.38. The molecule has 7 nitrogen and oxygen atoms in total. The van der Waals surface area contributed by atoms with Gasteiger partial charge >= 0.3 is 0 Å². The van der Waals surface area contributed by atoms with E-state index < -0.39 is 24.1 Å². The van der Waals surface area contributed by atoms with Crippen molar-refractivity contribution in [1.82, 2.24) is 0 Å². The number of benzene rings is 4. The van der Waals surface area contributed by atoms with E-state index in [4.69, 9.17) is 23.7 Å². The molecule has 0 aromatic heterocycles. The minimum absolute atomic E-state index is 0.214. The van der Waals surface area contributed by atoms with Crippen LogP contribution in [0.4, 0.5) is 0 Å². The molecule has 7 heteroatoms. The van der Waals surface area contributed by atoms with Crippen LogP contribution in [0.3, 0.4) is 0 Å². The van der Waals surface area contributed by atoms with Crippen LogP contribution in [0.2, 0.25) is 0 Å². The van der Waals surface area contributed by atoms with Gasteiger partial charge in [0.05, 0.1) is 51.3 Å². The standard InChI is InChI=1S/C36H38O7/c1-26-33(25-40-22-27-12-6-3-7-13-27)43-36(38,31-18-19-32(39-2)30(20-31)21-37)35(42-24-29-16-10-5-11-17-29)34(26)41-23-28-14-8-4-9-15-28/h3-21,26,33-35,38H,22-25H2,1-2H3/t26-,33?,34?,35-,36?/m1/s1. The Labute approximate surface area is 252 Å². The third-order valence-electron chi connectivity index (χ3n) is 7.84. The van der Waals surface area contributed by atoms with Crippen LogP contribution in [-0.2, 0) is 44.6 Å². The fourth-order valence-corrected chi connectivity index (χ4v) is 5.42. The molecule has 1 N–H and O–H groups in total. The van der Waals surface area contributed by atoms with E-state index in [2.05, 4.69) is 0 Å². The second-order valence-electron chi connectivity index (χ2n) is 10.8. The summed E-state index contributed by atoms with van der Waals surface area (Å²) in [5.41, 5.74) is 3.62. The number of rotatable bonds is 13. The third kappa shape index (κ3) is 7.39. The van der Waals surface area contributed by atoms with Gasteiger partial charge in [0.2, 0.25) is 5.79 Å². The Hall–Kier alpha value is -3.85. The summed E-state index contributed by atoms with van der Waals surface area (Å²) < 4.78 is 31.1. The van der Waals surface area contributed by atoms with Crippen LogP contribution >= 0.6 is 0 Å². The van der Waals surface area contributed by atoms with Gasteiger partial charge in [0.15, 0.2) is 6.29 Å². The highest BCUT2D eigenvalue weighted by atomic mass is 16.7. The Kier molecular flexibility index (Phi) is 10.4. The van der Waals surface area contributed by atoms with Gasteiger partial charge in [-0.3, -0.25) is 4.79 Å². The molecular formula is C36H38O7. The number of carbonyl (C=O) groups excluding carboxylic acids is 1. The molecule has 4 aromatic carbocycles. The number of aldehydes is 1. The van der Waals surface area contributed by atoms with Crippen LogP contribution in [0, 0.1) is 5.92 Å². The van der Waals surface area contributed by atoms with Gasteiger partial charge in [0.25, 0.3) is 0 Å². The van der Waals surface area contributed by atoms with Crippen molar-refractivity contribution in [2.45, 2.75) is 50.8 Å². The molecule has 0 spiro atoms. The van der Waals surface area contributed by atoms with E-state index in [1.807, 2.05) is 97.9 Å². The van der Waals surface area contributed by atoms with Gasteiger partial charge in [-0.2, -0.15) is 0 Å². The minimum atomic E-state index is -1.96. The molecule has 224 valence electrons. The summed E-state index contributed by atoms with van der Waals surface area (Å²) in [4.78, 5) is 12.0. The van der Waals surface area contributed by atoms with Crippen molar-refractivity contribution in [2.24, 2.45) is 5.92 Å². The third-order valence-corrected chi connectivity index (χ3v) is 7.84. The lowest BCUT2D eigenvalue weighted by Gasteiger charge is -2.50. The monoisotopic (exact) mass is 582 g/mol. The van der Waals surface area contributed by atoms with Gasteiger partial charge < -0.3 is 28.8 Å².